The van der Waals surface area contributed by atoms with Gasteiger partial charge in [-0.05, 0) is 43.2 Å². The van der Waals surface area contributed by atoms with Crippen LogP contribution < -0.4 is 9.47 Å². The Balaban J connectivity index is 1.56. The molecule has 0 saturated carbocycles. The number of ketones is 1. The van der Waals surface area contributed by atoms with E-state index in [-0.39, 0.29) is 42.1 Å². The van der Waals surface area contributed by atoms with Crippen molar-refractivity contribution in [1.82, 2.24) is 4.31 Å². The summed E-state index contributed by atoms with van der Waals surface area (Å²) in [7, 11) is -1.15. The maximum absolute atomic E-state index is 13.4. The number of nitrogens with zero attached hydrogens (tertiary/aromatic N) is 1. The first-order chi connectivity index (χ1) is 15.7. The quantitative estimate of drug-likeness (QED) is 0.421. The molecule has 1 aliphatic heterocycles. The van der Waals surface area contributed by atoms with E-state index in [2.05, 4.69) is 0 Å². The predicted octanol–water partition coefficient (Wildman–Crippen LogP) is 2.81. The zero-order valence-corrected chi connectivity index (χ0v) is 18.9. The van der Waals surface area contributed by atoms with E-state index in [1.165, 1.54) is 26.4 Å². The van der Waals surface area contributed by atoms with Crippen LogP contribution in [0.3, 0.4) is 0 Å². The van der Waals surface area contributed by atoms with E-state index < -0.39 is 45.9 Å². The molecule has 0 bridgehead atoms. The Hall–Kier alpha value is -3.05. The number of hydrogen-bond acceptors (Lipinski definition) is 7. The number of esters is 1. The molecular weight excluding hydrogens is 460 g/mol. The maximum Gasteiger partial charge on any atom is 0.309 e. The zero-order valence-electron chi connectivity index (χ0n) is 18.0. The number of ether oxygens (including phenoxy) is 3. The van der Waals surface area contributed by atoms with Crippen LogP contribution in [0.1, 0.15) is 23.2 Å². The van der Waals surface area contributed by atoms with Gasteiger partial charge < -0.3 is 14.2 Å². The third-order valence-corrected chi connectivity index (χ3v) is 7.27. The van der Waals surface area contributed by atoms with Gasteiger partial charge >= 0.3 is 5.97 Å². The summed E-state index contributed by atoms with van der Waals surface area (Å²) in [6.07, 6.45) is 0.337. The average Bonchev–Trinajstić information content (AvgIpc) is 2.83. The fourth-order valence-corrected chi connectivity index (χ4v) is 4.96. The number of benzene rings is 2. The first-order valence-electron chi connectivity index (χ1n) is 10.0. The molecule has 33 heavy (non-hydrogen) atoms. The number of carbonyl (C=O) groups is 2. The van der Waals surface area contributed by atoms with E-state index in [1.54, 1.807) is 6.07 Å². The van der Waals surface area contributed by atoms with E-state index in [0.29, 0.717) is 11.8 Å². The molecule has 0 aromatic heterocycles. The molecular formula is C22H23F2NO7S. The molecule has 0 N–H and O–H groups in total. The normalized spacial score (nSPS) is 15.2. The summed E-state index contributed by atoms with van der Waals surface area (Å²) in [5.41, 5.74) is 0.235. The van der Waals surface area contributed by atoms with E-state index in [0.717, 1.165) is 16.4 Å². The lowest BCUT2D eigenvalue weighted by Crippen LogP contribution is -2.40. The lowest BCUT2D eigenvalue weighted by molar-refractivity contribution is -0.148. The highest BCUT2D eigenvalue weighted by Gasteiger charge is 2.33. The van der Waals surface area contributed by atoms with E-state index in [9.17, 15) is 26.8 Å². The van der Waals surface area contributed by atoms with Gasteiger partial charge in [0, 0.05) is 19.2 Å². The molecule has 2 aromatic rings. The lowest BCUT2D eigenvalue weighted by atomic mass is 9.98. The minimum atomic E-state index is -4.03. The standard InChI is InChI=1S/C22H23F2NO7S/c1-30-15-3-5-17(21(11-15)31-2)20(26)13-32-22(27)14-7-9-25(10-8-14)33(28,29)16-4-6-18(23)19(24)12-16/h3-6,11-12,14H,7-10,13H2,1-2H3. The molecule has 1 fully saturated rings. The van der Waals surface area contributed by atoms with Crippen LogP contribution in [0.2, 0.25) is 0 Å². The number of Topliss-reactive ketones (excluding diaryl/α,β-unsaturated/α-hetero) is 1. The average molecular weight is 483 g/mol. The van der Waals surface area contributed by atoms with Crippen molar-refractivity contribution < 1.29 is 41.0 Å². The van der Waals surface area contributed by atoms with Crippen molar-refractivity contribution in [3.05, 3.63) is 53.6 Å². The molecule has 178 valence electrons. The van der Waals surface area contributed by atoms with Gasteiger partial charge in [-0.3, -0.25) is 9.59 Å². The number of sulfonamides is 1. The smallest absolute Gasteiger partial charge is 0.309 e. The van der Waals surface area contributed by atoms with Crippen LogP contribution in [-0.4, -0.2) is 58.4 Å². The Morgan fingerprint density at radius 2 is 1.70 bits per heavy atom. The molecule has 0 spiro atoms. The monoisotopic (exact) mass is 483 g/mol. The van der Waals surface area contributed by atoms with Crippen LogP contribution in [-0.2, 0) is 19.6 Å². The van der Waals surface area contributed by atoms with Crippen molar-refractivity contribution in [3.8, 4) is 11.5 Å². The van der Waals surface area contributed by atoms with Gasteiger partial charge in [-0.1, -0.05) is 0 Å². The molecule has 0 atom stereocenters. The summed E-state index contributed by atoms with van der Waals surface area (Å²) in [5, 5.41) is 0. The molecule has 8 nitrogen and oxygen atoms in total. The van der Waals surface area contributed by atoms with Gasteiger partial charge in [-0.25, -0.2) is 17.2 Å². The van der Waals surface area contributed by atoms with Crippen molar-refractivity contribution >= 4 is 21.8 Å². The zero-order chi connectivity index (χ0) is 24.2. The summed E-state index contributed by atoms with van der Waals surface area (Å²) in [6, 6.07) is 7.01. The Labute approximate surface area is 190 Å². The Kier molecular flexibility index (Phi) is 7.65. The van der Waals surface area contributed by atoms with E-state index >= 15 is 0 Å². The number of rotatable bonds is 8. The molecule has 0 radical (unpaired) electrons. The molecule has 0 amide bonds. The second-order valence-electron chi connectivity index (χ2n) is 7.35. The minimum Gasteiger partial charge on any atom is -0.497 e. The van der Waals surface area contributed by atoms with Crippen LogP contribution in [0, 0.1) is 17.6 Å². The van der Waals surface area contributed by atoms with Gasteiger partial charge in [-0.2, -0.15) is 4.31 Å². The highest BCUT2D eigenvalue weighted by atomic mass is 32.2. The minimum absolute atomic E-state index is 0.00133. The van der Waals surface area contributed by atoms with Gasteiger partial charge in [-0.15, -0.1) is 0 Å². The summed E-state index contributed by atoms with van der Waals surface area (Å²) in [5.74, 6) is -3.27. The molecule has 0 aliphatic carbocycles. The number of halogens is 2. The predicted molar refractivity (Wildman–Crippen MR) is 113 cm³/mol. The number of piperidine rings is 1. The van der Waals surface area contributed by atoms with Crippen molar-refractivity contribution in [1.29, 1.82) is 0 Å². The van der Waals surface area contributed by atoms with Gasteiger partial charge in [0.1, 0.15) is 11.5 Å². The molecule has 1 heterocycles. The van der Waals surface area contributed by atoms with Crippen LogP contribution in [0.15, 0.2) is 41.3 Å². The first-order valence-corrected chi connectivity index (χ1v) is 11.5. The van der Waals surface area contributed by atoms with Gasteiger partial charge in [0.05, 0.1) is 30.6 Å². The summed E-state index contributed by atoms with van der Waals surface area (Å²) < 4.78 is 68.4. The molecule has 11 heteroatoms. The first kappa shape index (κ1) is 24.6. The van der Waals surface area contributed by atoms with Crippen LogP contribution >= 0.6 is 0 Å². The van der Waals surface area contributed by atoms with Gasteiger partial charge in [0.25, 0.3) is 0 Å². The highest BCUT2D eigenvalue weighted by molar-refractivity contribution is 7.89. The van der Waals surface area contributed by atoms with Crippen LogP contribution in [0.4, 0.5) is 8.78 Å². The second kappa shape index (κ2) is 10.3. The second-order valence-corrected chi connectivity index (χ2v) is 9.29. The molecule has 1 saturated heterocycles. The van der Waals surface area contributed by atoms with Crippen molar-refractivity contribution in [2.24, 2.45) is 5.92 Å². The van der Waals surface area contributed by atoms with E-state index in [1.807, 2.05) is 0 Å². The molecule has 3 rings (SSSR count). The Morgan fingerprint density at radius 1 is 1.00 bits per heavy atom. The summed E-state index contributed by atoms with van der Waals surface area (Å²) in [4.78, 5) is 24.5. The van der Waals surface area contributed by atoms with E-state index in [4.69, 9.17) is 14.2 Å². The van der Waals surface area contributed by atoms with Crippen LogP contribution in [0.5, 0.6) is 11.5 Å². The maximum atomic E-state index is 13.4. The third kappa shape index (κ3) is 5.48. The number of hydrogen-bond donors (Lipinski definition) is 0. The topological polar surface area (TPSA) is 99.2 Å². The van der Waals surface area contributed by atoms with Gasteiger partial charge in [0.15, 0.2) is 18.2 Å². The fraction of sp³-hybridized carbons (Fsp3) is 0.364. The third-order valence-electron chi connectivity index (χ3n) is 5.37. The van der Waals surface area contributed by atoms with Crippen molar-refractivity contribution in [2.45, 2.75) is 17.7 Å². The molecule has 2 aromatic carbocycles. The van der Waals surface area contributed by atoms with Gasteiger partial charge in [0.2, 0.25) is 15.8 Å². The SMILES string of the molecule is COc1ccc(C(=O)COC(=O)C2CCN(S(=O)(=O)c3ccc(F)c(F)c3)CC2)c(OC)c1. The Bertz CT molecular complexity index is 1150. The largest absolute Gasteiger partial charge is 0.497 e. The fourth-order valence-electron chi connectivity index (χ4n) is 3.48. The lowest BCUT2D eigenvalue weighted by Gasteiger charge is -2.30. The number of carbonyl (C=O) groups excluding carboxylic acids is 2. The van der Waals surface area contributed by atoms with Crippen molar-refractivity contribution in [2.75, 3.05) is 33.9 Å². The molecule has 1 aliphatic rings. The molecule has 0 unspecified atom stereocenters. The Morgan fingerprint density at radius 3 is 2.30 bits per heavy atom. The summed E-state index contributed by atoms with van der Waals surface area (Å²) in [6.45, 7) is -0.489. The van der Waals surface area contributed by atoms with Crippen LogP contribution in [0.25, 0.3) is 0 Å². The summed E-state index contributed by atoms with van der Waals surface area (Å²) >= 11 is 0. The number of methoxy groups -OCH3 is 2. The van der Waals surface area contributed by atoms with Crippen molar-refractivity contribution in [3.63, 3.8) is 0 Å². The highest BCUT2D eigenvalue weighted by Crippen LogP contribution is 2.27.